The van der Waals surface area contributed by atoms with Gasteiger partial charge in [0.15, 0.2) is 11.0 Å². The summed E-state index contributed by atoms with van der Waals surface area (Å²) in [6, 6.07) is 10.1. The highest BCUT2D eigenvalue weighted by Gasteiger charge is 2.14. The summed E-state index contributed by atoms with van der Waals surface area (Å²) in [5.41, 5.74) is 0.807. The Morgan fingerprint density at radius 2 is 2.04 bits per heavy atom. The zero-order valence-corrected chi connectivity index (χ0v) is 14.7. The van der Waals surface area contributed by atoms with Crippen LogP contribution in [0.4, 0.5) is 4.39 Å². The van der Waals surface area contributed by atoms with Crippen LogP contribution in [0.3, 0.4) is 0 Å². The van der Waals surface area contributed by atoms with Crippen molar-refractivity contribution < 1.29 is 8.91 Å². The highest BCUT2D eigenvalue weighted by molar-refractivity contribution is 7.98. The maximum atomic E-state index is 13.1. The number of halogens is 1. The van der Waals surface area contributed by atoms with E-state index in [1.807, 2.05) is 29.1 Å². The van der Waals surface area contributed by atoms with Crippen LogP contribution in [-0.2, 0) is 12.8 Å². The first-order valence-electron chi connectivity index (χ1n) is 7.35. The molecular formula is C16H12FN5OS2. The van der Waals surface area contributed by atoms with Gasteiger partial charge in [0, 0.05) is 12.6 Å². The number of thiophene rings is 1. The van der Waals surface area contributed by atoms with Crippen molar-refractivity contribution in [1.82, 2.24) is 24.9 Å². The molecule has 0 saturated heterocycles. The van der Waals surface area contributed by atoms with Gasteiger partial charge in [0.05, 0.1) is 10.6 Å². The number of hydrogen-bond acceptors (Lipinski definition) is 7. The first-order valence-corrected chi connectivity index (χ1v) is 9.22. The van der Waals surface area contributed by atoms with Gasteiger partial charge in [0.25, 0.3) is 0 Å². The molecule has 0 saturated carbocycles. The Balaban J connectivity index is 1.48. The second kappa shape index (κ2) is 6.77. The number of benzene rings is 1. The molecule has 0 N–H and O–H groups in total. The molecule has 4 aromatic rings. The second-order valence-corrected chi connectivity index (χ2v) is 7.04. The van der Waals surface area contributed by atoms with Crippen LogP contribution < -0.4 is 0 Å². The van der Waals surface area contributed by atoms with E-state index in [1.165, 1.54) is 23.9 Å². The summed E-state index contributed by atoms with van der Waals surface area (Å²) in [5, 5.41) is 15.0. The largest absolute Gasteiger partial charge is 0.338 e. The van der Waals surface area contributed by atoms with Crippen molar-refractivity contribution in [2.75, 3.05) is 0 Å². The Morgan fingerprint density at radius 1 is 1.20 bits per heavy atom. The molecule has 4 rings (SSSR count). The molecule has 0 spiro atoms. The van der Waals surface area contributed by atoms with Gasteiger partial charge in [-0.05, 0) is 35.7 Å². The van der Waals surface area contributed by atoms with Gasteiger partial charge < -0.3 is 9.09 Å². The zero-order chi connectivity index (χ0) is 17.2. The predicted octanol–water partition coefficient (Wildman–Crippen LogP) is 4.03. The summed E-state index contributed by atoms with van der Waals surface area (Å²) < 4.78 is 20.2. The summed E-state index contributed by atoms with van der Waals surface area (Å²) in [6.07, 6.45) is 0. The smallest absolute Gasteiger partial charge is 0.237 e. The summed E-state index contributed by atoms with van der Waals surface area (Å²) in [4.78, 5) is 5.35. The number of hydrogen-bond donors (Lipinski definition) is 0. The lowest BCUT2D eigenvalue weighted by Gasteiger charge is -2.02. The van der Waals surface area contributed by atoms with Gasteiger partial charge in [-0.25, -0.2) is 4.39 Å². The topological polar surface area (TPSA) is 69.6 Å². The Hall–Kier alpha value is -2.52. The molecule has 3 heterocycles. The molecule has 0 bridgehead atoms. The average Bonchev–Trinajstić information content (AvgIpc) is 3.35. The highest BCUT2D eigenvalue weighted by atomic mass is 32.2. The standard InChI is InChI=1S/C16H12FN5OS2/c1-22-15(10-4-6-11(17)7-5-10)19-20-16(22)25-9-13-18-14(21-23-13)12-3-2-8-24-12/h2-8H,9H2,1H3. The van der Waals surface area contributed by atoms with Gasteiger partial charge in [-0.2, -0.15) is 4.98 Å². The van der Waals surface area contributed by atoms with Crippen LogP contribution in [0.1, 0.15) is 5.89 Å². The van der Waals surface area contributed by atoms with Crippen LogP contribution in [0, 0.1) is 5.82 Å². The summed E-state index contributed by atoms with van der Waals surface area (Å²) in [6.45, 7) is 0. The van der Waals surface area contributed by atoms with Crippen LogP contribution in [0.2, 0.25) is 0 Å². The molecule has 3 aromatic heterocycles. The molecule has 0 atom stereocenters. The Labute approximate surface area is 150 Å². The molecule has 9 heteroatoms. The van der Waals surface area contributed by atoms with Crippen molar-refractivity contribution in [3.05, 3.63) is 53.5 Å². The van der Waals surface area contributed by atoms with E-state index in [-0.39, 0.29) is 5.82 Å². The van der Waals surface area contributed by atoms with Crippen LogP contribution in [0.5, 0.6) is 0 Å². The van der Waals surface area contributed by atoms with Crippen LogP contribution in [-0.4, -0.2) is 24.9 Å². The number of rotatable bonds is 5. The molecule has 6 nitrogen and oxygen atoms in total. The second-order valence-electron chi connectivity index (χ2n) is 5.15. The number of thioether (sulfide) groups is 1. The molecule has 0 fully saturated rings. The maximum absolute atomic E-state index is 13.1. The van der Waals surface area contributed by atoms with E-state index in [0.29, 0.717) is 23.3 Å². The normalized spacial score (nSPS) is 11.1. The van der Waals surface area contributed by atoms with Crippen molar-refractivity contribution in [3.63, 3.8) is 0 Å². The Bertz CT molecular complexity index is 979. The minimum Gasteiger partial charge on any atom is -0.338 e. The van der Waals surface area contributed by atoms with Gasteiger partial charge in [0.1, 0.15) is 5.82 Å². The molecule has 0 radical (unpaired) electrons. The zero-order valence-electron chi connectivity index (χ0n) is 13.1. The first kappa shape index (κ1) is 16.0. The molecular weight excluding hydrogens is 361 g/mol. The molecule has 0 unspecified atom stereocenters. The number of aromatic nitrogens is 5. The third-order valence-corrected chi connectivity index (χ3v) is 5.34. The molecule has 0 aliphatic carbocycles. The van der Waals surface area contributed by atoms with Crippen molar-refractivity contribution in [1.29, 1.82) is 0 Å². The van der Waals surface area contributed by atoms with Gasteiger partial charge in [-0.1, -0.05) is 23.0 Å². The van der Waals surface area contributed by atoms with E-state index in [1.54, 1.807) is 23.5 Å². The van der Waals surface area contributed by atoms with Gasteiger partial charge >= 0.3 is 0 Å². The van der Waals surface area contributed by atoms with E-state index >= 15 is 0 Å². The average molecular weight is 373 g/mol. The van der Waals surface area contributed by atoms with E-state index in [0.717, 1.165) is 15.6 Å². The quantitative estimate of drug-likeness (QED) is 0.492. The van der Waals surface area contributed by atoms with Gasteiger partial charge in [0.2, 0.25) is 11.7 Å². The third kappa shape index (κ3) is 3.33. The van der Waals surface area contributed by atoms with Crippen LogP contribution in [0.15, 0.2) is 51.5 Å². The number of nitrogens with zero attached hydrogens (tertiary/aromatic N) is 5. The minimum atomic E-state index is -0.279. The summed E-state index contributed by atoms with van der Waals surface area (Å²) in [7, 11) is 1.87. The van der Waals surface area contributed by atoms with Crippen molar-refractivity contribution in [2.45, 2.75) is 10.9 Å². The SMILES string of the molecule is Cn1c(SCc2nc(-c3cccs3)no2)nnc1-c1ccc(F)cc1. The minimum absolute atomic E-state index is 0.279. The Kier molecular flexibility index (Phi) is 4.33. The summed E-state index contributed by atoms with van der Waals surface area (Å²) in [5.74, 6) is 2.01. The maximum Gasteiger partial charge on any atom is 0.237 e. The van der Waals surface area contributed by atoms with Crippen molar-refractivity contribution >= 4 is 23.1 Å². The fourth-order valence-electron chi connectivity index (χ4n) is 2.24. The highest BCUT2D eigenvalue weighted by Crippen LogP contribution is 2.26. The van der Waals surface area contributed by atoms with Crippen molar-refractivity contribution in [2.24, 2.45) is 7.05 Å². The van der Waals surface area contributed by atoms with Crippen molar-refractivity contribution in [3.8, 4) is 22.1 Å². The molecule has 0 aliphatic heterocycles. The third-order valence-electron chi connectivity index (χ3n) is 3.47. The van der Waals surface area contributed by atoms with E-state index in [2.05, 4.69) is 20.3 Å². The lowest BCUT2D eigenvalue weighted by atomic mass is 10.2. The summed E-state index contributed by atoms with van der Waals surface area (Å²) >= 11 is 3.02. The monoisotopic (exact) mass is 373 g/mol. The van der Waals surface area contributed by atoms with Crippen LogP contribution in [0.25, 0.3) is 22.1 Å². The molecule has 25 heavy (non-hydrogen) atoms. The van der Waals surface area contributed by atoms with E-state index < -0.39 is 0 Å². The Morgan fingerprint density at radius 3 is 2.80 bits per heavy atom. The van der Waals surface area contributed by atoms with E-state index in [9.17, 15) is 4.39 Å². The molecule has 126 valence electrons. The lowest BCUT2D eigenvalue weighted by molar-refractivity contribution is 0.391. The molecule has 1 aromatic carbocycles. The van der Waals surface area contributed by atoms with Crippen LogP contribution >= 0.6 is 23.1 Å². The molecule has 0 amide bonds. The first-order chi connectivity index (χ1) is 12.2. The van der Waals surface area contributed by atoms with E-state index in [4.69, 9.17) is 4.52 Å². The molecule has 0 aliphatic rings. The van der Waals surface area contributed by atoms with Gasteiger partial charge in [-0.3, -0.25) is 0 Å². The fourth-order valence-corrected chi connectivity index (χ4v) is 3.63. The van der Waals surface area contributed by atoms with Gasteiger partial charge in [-0.15, -0.1) is 21.5 Å². The lowest BCUT2D eigenvalue weighted by Crippen LogP contribution is -1.95. The fraction of sp³-hybridized carbons (Fsp3) is 0.125. The predicted molar refractivity (Wildman–Crippen MR) is 93.6 cm³/mol.